The highest BCUT2D eigenvalue weighted by Gasteiger charge is 2.25. The van der Waals surface area contributed by atoms with Gasteiger partial charge in [0.2, 0.25) is 5.95 Å². The van der Waals surface area contributed by atoms with Crippen LogP contribution in [0, 0.1) is 0 Å². The molecule has 0 bridgehead atoms. The number of anilines is 4. The van der Waals surface area contributed by atoms with Crippen LogP contribution in [0.4, 0.5) is 23.3 Å². The number of nitrogens with zero attached hydrogens (tertiary/aromatic N) is 4. The van der Waals surface area contributed by atoms with Crippen LogP contribution >= 0.6 is 15.9 Å². The molecule has 2 N–H and O–H groups in total. The summed E-state index contributed by atoms with van der Waals surface area (Å²) in [5.74, 6) is 2.72. The van der Waals surface area contributed by atoms with E-state index >= 15 is 0 Å². The zero-order valence-corrected chi connectivity index (χ0v) is 14.8. The lowest BCUT2D eigenvalue weighted by Crippen LogP contribution is -2.13. The first-order valence-electron chi connectivity index (χ1n) is 7.84. The molecule has 24 heavy (non-hydrogen) atoms. The van der Waals surface area contributed by atoms with Gasteiger partial charge in [0, 0.05) is 36.6 Å². The summed E-state index contributed by atoms with van der Waals surface area (Å²) in [4.78, 5) is 11.0. The molecule has 0 radical (unpaired) electrons. The van der Waals surface area contributed by atoms with Crippen molar-refractivity contribution in [1.29, 1.82) is 0 Å². The van der Waals surface area contributed by atoms with E-state index in [9.17, 15) is 0 Å². The number of benzene rings is 1. The van der Waals surface area contributed by atoms with Gasteiger partial charge >= 0.3 is 0 Å². The van der Waals surface area contributed by atoms with Crippen LogP contribution in [0.5, 0.6) is 0 Å². The Hall–Kier alpha value is -2.41. The molecule has 1 aromatic carbocycles. The molecule has 4 rings (SSSR count). The van der Waals surface area contributed by atoms with E-state index in [2.05, 4.69) is 41.4 Å². The molecular weight excluding hydrogens is 368 g/mol. The van der Waals surface area contributed by atoms with E-state index < -0.39 is 0 Å². The normalized spacial score (nSPS) is 13.8. The Morgan fingerprint density at radius 3 is 2.79 bits per heavy atom. The maximum absolute atomic E-state index is 4.62. The van der Waals surface area contributed by atoms with Gasteiger partial charge < -0.3 is 10.2 Å². The van der Waals surface area contributed by atoms with Gasteiger partial charge in [0.15, 0.2) is 11.6 Å². The summed E-state index contributed by atoms with van der Waals surface area (Å²) in [7, 11) is 1.95. The minimum atomic E-state index is 0.616. The van der Waals surface area contributed by atoms with Crippen LogP contribution in [-0.2, 0) is 0 Å². The molecule has 1 aliphatic rings. The van der Waals surface area contributed by atoms with Gasteiger partial charge in [0.25, 0.3) is 0 Å². The van der Waals surface area contributed by atoms with E-state index in [-0.39, 0.29) is 0 Å². The summed E-state index contributed by atoms with van der Waals surface area (Å²) >= 11 is 3.50. The first-order chi connectivity index (χ1) is 11.7. The number of hydrogen-bond donors (Lipinski definition) is 2. The highest BCUT2D eigenvalue weighted by Crippen LogP contribution is 2.39. The van der Waals surface area contributed by atoms with Gasteiger partial charge in [-0.3, -0.25) is 5.10 Å². The second-order valence-corrected chi connectivity index (χ2v) is 6.72. The van der Waals surface area contributed by atoms with Crippen LogP contribution in [0.25, 0.3) is 0 Å². The van der Waals surface area contributed by atoms with Crippen molar-refractivity contribution in [3.8, 4) is 0 Å². The highest BCUT2D eigenvalue weighted by atomic mass is 79.9. The van der Waals surface area contributed by atoms with Crippen molar-refractivity contribution in [2.24, 2.45) is 0 Å². The lowest BCUT2D eigenvalue weighted by atomic mass is 10.3. The Kier molecular flexibility index (Phi) is 3.93. The van der Waals surface area contributed by atoms with Gasteiger partial charge in [-0.2, -0.15) is 10.1 Å². The van der Waals surface area contributed by atoms with Crippen LogP contribution in [0.2, 0.25) is 0 Å². The van der Waals surface area contributed by atoms with Crippen molar-refractivity contribution >= 4 is 39.2 Å². The molecule has 1 aliphatic carbocycles. The average molecular weight is 385 g/mol. The van der Waals surface area contributed by atoms with E-state index in [0.29, 0.717) is 17.7 Å². The highest BCUT2D eigenvalue weighted by molar-refractivity contribution is 9.10. The number of para-hydroxylation sites is 1. The van der Waals surface area contributed by atoms with E-state index in [1.165, 1.54) is 18.5 Å². The molecule has 1 saturated carbocycles. The topological polar surface area (TPSA) is 69.7 Å². The third-order valence-electron chi connectivity index (χ3n) is 4.04. The average Bonchev–Trinajstić information content (AvgIpc) is 3.36. The molecule has 0 saturated heterocycles. The number of aromatic amines is 1. The molecule has 2 aromatic heterocycles. The van der Waals surface area contributed by atoms with E-state index in [1.54, 1.807) is 6.20 Å². The summed E-state index contributed by atoms with van der Waals surface area (Å²) in [6.45, 7) is 0. The van der Waals surface area contributed by atoms with Gasteiger partial charge in [-0.25, -0.2) is 4.98 Å². The molecule has 1 fully saturated rings. The lowest BCUT2D eigenvalue weighted by Gasteiger charge is -2.18. The largest absolute Gasteiger partial charge is 0.322 e. The molecule has 122 valence electrons. The predicted octanol–water partition coefficient (Wildman–Crippen LogP) is 4.35. The number of aromatic nitrogens is 4. The monoisotopic (exact) mass is 384 g/mol. The summed E-state index contributed by atoms with van der Waals surface area (Å²) < 4.78 is 0.795. The molecule has 3 aromatic rings. The van der Waals surface area contributed by atoms with Crippen molar-refractivity contribution in [3.63, 3.8) is 0 Å². The standard InChI is InChI=1S/C17H17BrN6/c1-24(12-5-3-2-4-6-12)17-19-10-13(18)16(21-17)20-15-9-14(22-23-15)11-7-8-11/h2-6,9-11H,7-8H2,1H3,(H2,19,20,21,22,23). The summed E-state index contributed by atoms with van der Waals surface area (Å²) in [5.41, 5.74) is 2.21. The lowest BCUT2D eigenvalue weighted by molar-refractivity contribution is 0.965. The van der Waals surface area contributed by atoms with Gasteiger partial charge in [-0.15, -0.1) is 0 Å². The second kappa shape index (κ2) is 6.24. The fourth-order valence-electron chi connectivity index (χ4n) is 2.50. The van der Waals surface area contributed by atoms with Crippen LogP contribution in [0.1, 0.15) is 24.5 Å². The molecule has 0 spiro atoms. The van der Waals surface area contributed by atoms with Gasteiger partial charge in [0.1, 0.15) is 0 Å². The zero-order valence-electron chi connectivity index (χ0n) is 13.2. The number of rotatable bonds is 5. The number of halogens is 1. The fraction of sp³-hybridized carbons (Fsp3) is 0.235. The van der Waals surface area contributed by atoms with Crippen molar-refractivity contribution < 1.29 is 0 Å². The Bertz CT molecular complexity index is 843. The Labute approximate surface area is 148 Å². The number of H-pyrrole nitrogens is 1. The van der Waals surface area contributed by atoms with Crippen molar-refractivity contribution in [2.75, 3.05) is 17.3 Å². The smallest absolute Gasteiger partial charge is 0.231 e. The minimum Gasteiger partial charge on any atom is -0.322 e. The first-order valence-corrected chi connectivity index (χ1v) is 8.63. The molecule has 2 heterocycles. The first kappa shape index (κ1) is 15.1. The van der Waals surface area contributed by atoms with E-state index in [1.807, 2.05) is 48.3 Å². The van der Waals surface area contributed by atoms with Crippen molar-refractivity contribution in [1.82, 2.24) is 20.2 Å². The van der Waals surface area contributed by atoms with Crippen LogP contribution in [0.3, 0.4) is 0 Å². The van der Waals surface area contributed by atoms with Crippen LogP contribution in [-0.4, -0.2) is 27.2 Å². The molecule has 0 aliphatic heterocycles. The molecule has 0 amide bonds. The third kappa shape index (κ3) is 3.12. The Balaban J connectivity index is 1.58. The zero-order chi connectivity index (χ0) is 16.5. The van der Waals surface area contributed by atoms with Gasteiger partial charge in [-0.1, -0.05) is 18.2 Å². The molecule has 6 nitrogen and oxygen atoms in total. The summed E-state index contributed by atoms with van der Waals surface area (Å²) in [6, 6.07) is 12.1. The van der Waals surface area contributed by atoms with Crippen LogP contribution in [0.15, 0.2) is 47.1 Å². The molecule has 7 heteroatoms. The van der Waals surface area contributed by atoms with Gasteiger partial charge in [0.05, 0.1) is 4.47 Å². The maximum atomic E-state index is 4.62. The Morgan fingerprint density at radius 2 is 2.04 bits per heavy atom. The Morgan fingerprint density at radius 1 is 1.25 bits per heavy atom. The summed E-state index contributed by atoms with van der Waals surface area (Å²) in [5, 5.41) is 10.7. The van der Waals surface area contributed by atoms with E-state index in [0.717, 1.165) is 16.0 Å². The maximum Gasteiger partial charge on any atom is 0.231 e. The summed E-state index contributed by atoms with van der Waals surface area (Å²) in [6.07, 6.45) is 4.23. The van der Waals surface area contributed by atoms with Crippen molar-refractivity contribution in [3.05, 3.63) is 52.8 Å². The molecule has 0 atom stereocenters. The molecular formula is C17H17BrN6. The van der Waals surface area contributed by atoms with Gasteiger partial charge in [-0.05, 0) is 40.9 Å². The molecule has 0 unspecified atom stereocenters. The SMILES string of the molecule is CN(c1ccccc1)c1ncc(Br)c(Nc2cc(C3CC3)[nH]n2)n1. The van der Waals surface area contributed by atoms with Crippen molar-refractivity contribution in [2.45, 2.75) is 18.8 Å². The predicted molar refractivity (Wildman–Crippen MR) is 98.1 cm³/mol. The number of hydrogen-bond acceptors (Lipinski definition) is 5. The second-order valence-electron chi connectivity index (χ2n) is 5.87. The van der Waals surface area contributed by atoms with Crippen LogP contribution < -0.4 is 10.2 Å². The minimum absolute atomic E-state index is 0.616. The third-order valence-corrected chi connectivity index (χ3v) is 4.62. The fourth-order valence-corrected chi connectivity index (χ4v) is 2.79. The quantitative estimate of drug-likeness (QED) is 0.683. The number of nitrogens with one attached hydrogen (secondary N) is 2. The van der Waals surface area contributed by atoms with E-state index in [4.69, 9.17) is 0 Å².